The molecule has 88 valence electrons. The lowest BCUT2D eigenvalue weighted by Gasteiger charge is -2.10. The lowest BCUT2D eigenvalue weighted by molar-refractivity contribution is -0.121. The maximum Gasteiger partial charge on any atom is 0.221 e. The molecule has 3 N–H and O–H groups in total. The number of hydrogen-bond donors (Lipinski definition) is 2. The van der Waals surface area contributed by atoms with Gasteiger partial charge in [0.25, 0.3) is 0 Å². The molecule has 16 heavy (non-hydrogen) atoms. The Hall–Kier alpha value is -1.36. The van der Waals surface area contributed by atoms with Crippen LogP contribution < -0.4 is 11.1 Å². The summed E-state index contributed by atoms with van der Waals surface area (Å²) in [5, 5.41) is 2.87. The van der Waals surface area contributed by atoms with Gasteiger partial charge in [0.1, 0.15) is 0 Å². The minimum absolute atomic E-state index is 0.0493. The van der Waals surface area contributed by atoms with E-state index in [0.29, 0.717) is 18.9 Å². The van der Waals surface area contributed by atoms with Crippen molar-refractivity contribution in [2.24, 2.45) is 11.7 Å². The summed E-state index contributed by atoms with van der Waals surface area (Å²) in [4.78, 5) is 15.4. The molecule has 1 aliphatic carbocycles. The molecule has 5 heteroatoms. The molecule has 1 amide bonds. The molecule has 0 radical (unpaired) electrons. The number of nitrogens with one attached hydrogen (secondary N) is 1. The lowest BCUT2D eigenvalue weighted by atomic mass is 10.1. The van der Waals surface area contributed by atoms with Crippen LogP contribution in [0, 0.1) is 5.92 Å². The number of carbonyl (C=O) groups is 1. The Morgan fingerprint density at radius 3 is 3.06 bits per heavy atom. The first-order valence-corrected chi connectivity index (χ1v) is 5.73. The second-order valence-corrected chi connectivity index (χ2v) is 4.36. The summed E-state index contributed by atoms with van der Waals surface area (Å²) >= 11 is 0. The number of carbonyl (C=O) groups excluding carboxylic acids is 1. The van der Waals surface area contributed by atoms with E-state index in [-0.39, 0.29) is 11.9 Å². The van der Waals surface area contributed by atoms with Gasteiger partial charge in [-0.15, -0.1) is 0 Å². The fourth-order valence-electron chi connectivity index (χ4n) is 1.72. The van der Waals surface area contributed by atoms with E-state index in [1.165, 1.54) is 12.8 Å². The molecule has 1 heterocycles. The smallest absolute Gasteiger partial charge is 0.221 e. The van der Waals surface area contributed by atoms with Crippen LogP contribution in [-0.4, -0.2) is 28.0 Å². The van der Waals surface area contributed by atoms with Gasteiger partial charge in [0.15, 0.2) is 0 Å². The van der Waals surface area contributed by atoms with Crippen LogP contribution in [0.3, 0.4) is 0 Å². The van der Waals surface area contributed by atoms with E-state index in [1.807, 2.05) is 10.8 Å². The van der Waals surface area contributed by atoms with Crippen LogP contribution in [0.5, 0.6) is 0 Å². The van der Waals surface area contributed by atoms with Gasteiger partial charge in [-0.05, 0) is 18.8 Å². The molecule has 1 atom stereocenters. The minimum atomic E-state index is 0.0493. The number of hydrogen-bond acceptors (Lipinski definition) is 3. The number of rotatable bonds is 6. The Bertz CT molecular complexity index is 332. The summed E-state index contributed by atoms with van der Waals surface area (Å²) in [5.41, 5.74) is 5.87. The monoisotopic (exact) mass is 222 g/mol. The Morgan fingerprint density at radius 1 is 1.62 bits per heavy atom. The van der Waals surface area contributed by atoms with Gasteiger partial charge >= 0.3 is 0 Å². The average molecular weight is 222 g/mol. The van der Waals surface area contributed by atoms with Crippen molar-refractivity contribution in [1.29, 1.82) is 0 Å². The normalized spacial score (nSPS) is 17.1. The zero-order valence-electron chi connectivity index (χ0n) is 9.30. The average Bonchev–Trinajstić information content (AvgIpc) is 2.98. The summed E-state index contributed by atoms with van der Waals surface area (Å²) < 4.78 is 1.93. The van der Waals surface area contributed by atoms with Crippen molar-refractivity contribution in [2.75, 3.05) is 6.54 Å². The topological polar surface area (TPSA) is 72.9 Å². The number of amides is 1. The van der Waals surface area contributed by atoms with Crippen molar-refractivity contribution >= 4 is 5.91 Å². The molecule has 5 nitrogen and oxygen atoms in total. The van der Waals surface area contributed by atoms with E-state index >= 15 is 0 Å². The first kappa shape index (κ1) is 11.1. The predicted octanol–water partition coefficient (Wildman–Crippen LogP) is 0.127. The molecular formula is C11H18N4O. The second kappa shape index (κ2) is 5.12. The predicted molar refractivity (Wildman–Crippen MR) is 60.6 cm³/mol. The summed E-state index contributed by atoms with van der Waals surface area (Å²) in [7, 11) is 0. The van der Waals surface area contributed by atoms with E-state index in [9.17, 15) is 4.79 Å². The molecule has 1 fully saturated rings. The molecule has 0 aliphatic heterocycles. The highest BCUT2D eigenvalue weighted by Crippen LogP contribution is 2.32. The standard InChI is InChI=1S/C11H18N4O/c12-10(9-1-2-9)7-11(16)14-4-6-15-5-3-13-8-15/h3,5,8-10H,1-2,4,6-7,12H2,(H,14,16). The van der Waals surface area contributed by atoms with Gasteiger partial charge in [-0.3, -0.25) is 4.79 Å². The Labute approximate surface area is 95.0 Å². The molecule has 1 saturated carbocycles. The highest BCUT2D eigenvalue weighted by atomic mass is 16.1. The van der Waals surface area contributed by atoms with E-state index in [0.717, 1.165) is 6.54 Å². The highest BCUT2D eigenvalue weighted by Gasteiger charge is 2.29. The number of aromatic nitrogens is 2. The Morgan fingerprint density at radius 2 is 2.44 bits per heavy atom. The molecule has 1 aromatic heterocycles. The fraction of sp³-hybridized carbons (Fsp3) is 0.636. The summed E-state index contributed by atoms with van der Waals surface area (Å²) in [6.45, 7) is 1.39. The second-order valence-electron chi connectivity index (χ2n) is 4.36. The van der Waals surface area contributed by atoms with Gasteiger partial charge in [-0.1, -0.05) is 0 Å². The van der Waals surface area contributed by atoms with E-state index < -0.39 is 0 Å². The lowest BCUT2D eigenvalue weighted by Crippen LogP contribution is -2.34. The molecule has 1 unspecified atom stereocenters. The van der Waals surface area contributed by atoms with E-state index in [2.05, 4.69) is 10.3 Å². The van der Waals surface area contributed by atoms with Crippen molar-refractivity contribution in [3.8, 4) is 0 Å². The Kier molecular flexibility index (Phi) is 3.56. The van der Waals surface area contributed by atoms with Gasteiger partial charge in [0.05, 0.1) is 6.33 Å². The van der Waals surface area contributed by atoms with Crippen molar-refractivity contribution in [3.05, 3.63) is 18.7 Å². The minimum Gasteiger partial charge on any atom is -0.354 e. The van der Waals surface area contributed by atoms with Crippen LogP contribution >= 0.6 is 0 Å². The fourth-order valence-corrected chi connectivity index (χ4v) is 1.72. The van der Waals surface area contributed by atoms with Gasteiger partial charge in [-0.2, -0.15) is 0 Å². The quantitative estimate of drug-likeness (QED) is 0.718. The van der Waals surface area contributed by atoms with Gasteiger partial charge < -0.3 is 15.6 Å². The largest absolute Gasteiger partial charge is 0.354 e. The first-order valence-electron chi connectivity index (χ1n) is 5.73. The third kappa shape index (κ3) is 3.34. The third-order valence-electron chi connectivity index (χ3n) is 2.90. The van der Waals surface area contributed by atoms with Crippen molar-refractivity contribution in [2.45, 2.75) is 31.8 Å². The van der Waals surface area contributed by atoms with Gasteiger partial charge in [-0.25, -0.2) is 4.98 Å². The zero-order chi connectivity index (χ0) is 11.4. The van der Waals surface area contributed by atoms with E-state index in [1.54, 1.807) is 12.5 Å². The maximum atomic E-state index is 11.5. The molecule has 1 aromatic rings. The molecule has 0 saturated heterocycles. The molecule has 0 spiro atoms. The van der Waals surface area contributed by atoms with Crippen LogP contribution in [-0.2, 0) is 11.3 Å². The SMILES string of the molecule is NC(CC(=O)NCCn1ccnc1)C1CC1. The van der Waals surface area contributed by atoms with Crippen molar-refractivity contribution in [1.82, 2.24) is 14.9 Å². The van der Waals surface area contributed by atoms with Crippen LogP contribution in [0.1, 0.15) is 19.3 Å². The number of nitrogens with two attached hydrogens (primary N) is 1. The van der Waals surface area contributed by atoms with Gasteiger partial charge in [0, 0.05) is 37.9 Å². The summed E-state index contributed by atoms with van der Waals surface area (Å²) in [6.07, 6.45) is 8.16. The van der Waals surface area contributed by atoms with Crippen LogP contribution in [0.4, 0.5) is 0 Å². The van der Waals surface area contributed by atoms with Crippen molar-refractivity contribution in [3.63, 3.8) is 0 Å². The maximum absolute atomic E-state index is 11.5. The van der Waals surface area contributed by atoms with E-state index in [4.69, 9.17) is 5.73 Å². The molecule has 1 aliphatic rings. The van der Waals surface area contributed by atoms with Gasteiger partial charge in [0.2, 0.25) is 5.91 Å². The third-order valence-corrected chi connectivity index (χ3v) is 2.90. The van der Waals surface area contributed by atoms with Crippen LogP contribution in [0.25, 0.3) is 0 Å². The number of imidazole rings is 1. The highest BCUT2D eigenvalue weighted by molar-refractivity contribution is 5.76. The zero-order valence-corrected chi connectivity index (χ0v) is 9.30. The molecule has 2 rings (SSSR count). The van der Waals surface area contributed by atoms with Crippen LogP contribution in [0.15, 0.2) is 18.7 Å². The first-order chi connectivity index (χ1) is 7.75. The number of nitrogens with zero attached hydrogens (tertiary/aromatic N) is 2. The van der Waals surface area contributed by atoms with Crippen molar-refractivity contribution < 1.29 is 4.79 Å². The molecular weight excluding hydrogens is 204 g/mol. The van der Waals surface area contributed by atoms with Crippen LogP contribution in [0.2, 0.25) is 0 Å². The molecule has 0 bridgehead atoms. The summed E-state index contributed by atoms with van der Waals surface area (Å²) in [6, 6.07) is 0.0493. The Balaban J connectivity index is 1.60. The molecule has 0 aromatic carbocycles. The summed E-state index contributed by atoms with van der Waals surface area (Å²) in [5.74, 6) is 0.638.